The van der Waals surface area contributed by atoms with Gasteiger partial charge in [0.1, 0.15) is 4.92 Å². The Labute approximate surface area is 162 Å². The molecule has 0 atom stereocenters. The van der Waals surface area contributed by atoms with Crippen LogP contribution in [0.1, 0.15) is 19.6 Å². The number of non-ortho nitro benzene ring substituents is 1. The van der Waals surface area contributed by atoms with Gasteiger partial charge in [0.2, 0.25) is 4.80 Å². The molecule has 0 N–H and O–H groups in total. The Bertz CT molecular complexity index is 1120. The van der Waals surface area contributed by atoms with Gasteiger partial charge in [-0.3, -0.25) is 25.2 Å². The molecule has 2 heterocycles. The van der Waals surface area contributed by atoms with E-state index in [1.165, 1.54) is 46.5 Å². The highest BCUT2D eigenvalue weighted by atomic mass is 32.1. The van der Waals surface area contributed by atoms with Crippen molar-refractivity contribution in [3.8, 4) is 11.3 Å². The molecule has 0 radical (unpaired) electrons. The number of thiazole rings is 1. The number of rotatable bonds is 6. The third kappa shape index (κ3) is 4.20. The van der Waals surface area contributed by atoms with E-state index >= 15 is 0 Å². The summed E-state index contributed by atoms with van der Waals surface area (Å²) in [6.07, 6.45) is 1.33. The van der Waals surface area contributed by atoms with Gasteiger partial charge < -0.3 is 4.42 Å². The van der Waals surface area contributed by atoms with E-state index in [0.717, 1.165) is 0 Å². The first-order valence-electron chi connectivity index (χ1n) is 8.13. The van der Waals surface area contributed by atoms with Crippen molar-refractivity contribution in [1.29, 1.82) is 0 Å². The largest absolute Gasteiger partial charge is 0.433 e. The quantitative estimate of drug-likeness (QED) is 0.352. The molecule has 28 heavy (non-hydrogen) atoms. The second-order valence-corrected chi connectivity index (χ2v) is 6.76. The number of hydrogen-bond donors (Lipinski definition) is 0. The minimum Gasteiger partial charge on any atom is -0.400 e. The summed E-state index contributed by atoms with van der Waals surface area (Å²) >= 11 is 1.33. The number of benzene rings is 1. The third-order valence-electron chi connectivity index (χ3n) is 3.50. The lowest BCUT2D eigenvalue weighted by Gasteiger charge is -2.04. The molecule has 0 aliphatic heterocycles. The van der Waals surface area contributed by atoms with Crippen LogP contribution in [0.4, 0.5) is 11.6 Å². The van der Waals surface area contributed by atoms with Gasteiger partial charge in [0.25, 0.3) is 5.69 Å². The zero-order valence-corrected chi connectivity index (χ0v) is 15.7. The summed E-state index contributed by atoms with van der Waals surface area (Å²) in [5.74, 6) is -0.186. The van der Waals surface area contributed by atoms with Crippen LogP contribution in [0.5, 0.6) is 0 Å². The van der Waals surface area contributed by atoms with Crippen molar-refractivity contribution in [3.63, 3.8) is 0 Å². The highest BCUT2D eigenvalue weighted by Crippen LogP contribution is 2.24. The molecule has 0 saturated heterocycles. The molecular weight excluding hydrogens is 386 g/mol. The highest BCUT2D eigenvalue weighted by Gasteiger charge is 2.13. The molecule has 0 aliphatic rings. The van der Waals surface area contributed by atoms with Gasteiger partial charge in [-0.2, -0.15) is 5.10 Å². The van der Waals surface area contributed by atoms with Crippen LogP contribution in [-0.2, 0) is 0 Å². The number of nitrogens with zero attached hydrogens (tertiary/aromatic N) is 5. The number of aromatic nitrogens is 1. The zero-order chi connectivity index (χ0) is 20.3. The lowest BCUT2D eigenvalue weighted by Crippen LogP contribution is -2.14. The fourth-order valence-corrected chi connectivity index (χ4v) is 3.29. The van der Waals surface area contributed by atoms with Crippen LogP contribution in [0.25, 0.3) is 11.3 Å². The van der Waals surface area contributed by atoms with Crippen molar-refractivity contribution < 1.29 is 14.3 Å². The minimum atomic E-state index is -0.636. The SMILES string of the molecule is CC(C)N=c1scc(-c2cccc([N+](=O)[O-])c2)n1N=Cc1ccc([N+](=O)[O-])o1. The maximum absolute atomic E-state index is 11.1. The maximum atomic E-state index is 11.1. The second kappa shape index (κ2) is 7.96. The lowest BCUT2D eigenvalue weighted by atomic mass is 10.1. The first kappa shape index (κ1) is 19.2. The van der Waals surface area contributed by atoms with Crippen molar-refractivity contribution in [2.24, 2.45) is 10.1 Å². The van der Waals surface area contributed by atoms with E-state index in [-0.39, 0.29) is 23.4 Å². The third-order valence-corrected chi connectivity index (χ3v) is 4.33. The van der Waals surface area contributed by atoms with Crippen molar-refractivity contribution in [2.45, 2.75) is 19.9 Å². The van der Waals surface area contributed by atoms with Gasteiger partial charge in [-0.15, -0.1) is 11.3 Å². The van der Waals surface area contributed by atoms with Gasteiger partial charge in [-0.25, -0.2) is 4.68 Å². The van der Waals surface area contributed by atoms with Gasteiger partial charge >= 0.3 is 5.88 Å². The van der Waals surface area contributed by atoms with Gasteiger partial charge in [0, 0.05) is 29.1 Å². The van der Waals surface area contributed by atoms with Gasteiger partial charge in [-0.1, -0.05) is 12.1 Å². The van der Waals surface area contributed by atoms with Gasteiger partial charge in [-0.05, 0) is 19.9 Å². The van der Waals surface area contributed by atoms with Crippen molar-refractivity contribution in [2.75, 3.05) is 0 Å². The van der Waals surface area contributed by atoms with Crippen LogP contribution < -0.4 is 4.80 Å². The van der Waals surface area contributed by atoms with E-state index in [1.807, 2.05) is 13.8 Å². The summed E-state index contributed by atoms with van der Waals surface area (Å²) in [7, 11) is 0. The van der Waals surface area contributed by atoms with E-state index in [1.54, 1.807) is 17.5 Å². The fourth-order valence-electron chi connectivity index (χ4n) is 2.32. The van der Waals surface area contributed by atoms with Crippen LogP contribution in [0, 0.1) is 20.2 Å². The predicted octanol–water partition coefficient (Wildman–Crippen LogP) is 3.82. The molecule has 0 amide bonds. The summed E-state index contributed by atoms with van der Waals surface area (Å²) in [6, 6.07) is 8.85. The van der Waals surface area contributed by atoms with Crippen molar-refractivity contribution >= 4 is 29.1 Å². The molecule has 11 heteroatoms. The standard InChI is InChI=1S/C17H15N5O5S/c1-11(2)19-17-20(18-9-14-6-7-16(27-14)22(25)26)15(10-28-17)12-4-3-5-13(8-12)21(23)24/h3-11H,1-2H3. The Morgan fingerprint density at radius 3 is 2.61 bits per heavy atom. The average molecular weight is 401 g/mol. The van der Waals surface area contributed by atoms with Crippen LogP contribution in [0.3, 0.4) is 0 Å². The maximum Gasteiger partial charge on any atom is 0.433 e. The number of nitro benzene ring substituents is 1. The van der Waals surface area contributed by atoms with E-state index in [2.05, 4.69) is 10.1 Å². The molecule has 0 aliphatic carbocycles. The highest BCUT2D eigenvalue weighted by molar-refractivity contribution is 7.07. The molecule has 0 spiro atoms. The van der Waals surface area contributed by atoms with E-state index in [0.29, 0.717) is 16.1 Å². The molecule has 0 bridgehead atoms. The van der Waals surface area contributed by atoms with Crippen molar-refractivity contribution in [1.82, 2.24) is 4.68 Å². The molecular formula is C17H15N5O5S. The number of hydrogen-bond acceptors (Lipinski definition) is 8. The molecule has 10 nitrogen and oxygen atoms in total. The molecule has 3 aromatic rings. The summed E-state index contributed by atoms with van der Waals surface area (Å²) in [4.78, 5) is 25.8. The van der Waals surface area contributed by atoms with E-state index in [9.17, 15) is 20.2 Å². The van der Waals surface area contributed by atoms with E-state index < -0.39 is 9.85 Å². The van der Waals surface area contributed by atoms with Crippen molar-refractivity contribution in [3.05, 3.63) is 72.6 Å². The average Bonchev–Trinajstić information content (AvgIpc) is 3.27. The molecule has 0 saturated carbocycles. The molecule has 0 unspecified atom stereocenters. The topological polar surface area (TPSA) is 129 Å². The molecule has 3 rings (SSSR count). The summed E-state index contributed by atoms with van der Waals surface area (Å²) in [5, 5.41) is 27.9. The Morgan fingerprint density at radius 1 is 1.18 bits per heavy atom. The van der Waals surface area contributed by atoms with Crippen LogP contribution in [-0.4, -0.2) is 26.8 Å². The Hall–Kier alpha value is -3.60. The van der Waals surface area contributed by atoms with E-state index in [4.69, 9.17) is 4.42 Å². The smallest absolute Gasteiger partial charge is 0.400 e. The Balaban J connectivity index is 2.08. The molecule has 144 valence electrons. The van der Waals surface area contributed by atoms with Crippen LogP contribution >= 0.6 is 11.3 Å². The predicted molar refractivity (Wildman–Crippen MR) is 103 cm³/mol. The fraction of sp³-hybridized carbons (Fsp3) is 0.176. The zero-order valence-electron chi connectivity index (χ0n) is 14.9. The minimum absolute atomic E-state index is 0.00256. The monoisotopic (exact) mass is 401 g/mol. The van der Waals surface area contributed by atoms with Gasteiger partial charge in [0.15, 0.2) is 5.76 Å². The first-order valence-corrected chi connectivity index (χ1v) is 9.01. The normalized spacial score (nSPS) is 12.2. The molecule has 1 aromatic carbocycles. The lowest BCUT2D eigenvalue weighted by molar-refractivity contribution is -0.402. The Kier molecular flexibility index (Phi) is 5.45. The summed E-state index contributed by atoms with van der Waals surface area (Å²) in [6.45, 7) is 3.83. The summed E-state index contributed by atoms with van der Waals surface area (Å²) < 4.78 is 6.61. The number of furan rings is 1. The van der Waals surface area contributed by atoms with Crippen LogP contribution in [0.2, 0.25) is 0 Å². The second-order valence-electron chi connectivity index (χ2n) is 5.92. The summed E-state index contributed by atoms with van der Waals surface area (Å²) in [5.41, 5.74) is 1.16. The molecule has 2 aromatic heterocycles. The Morgan fingerprint density at radius 2 is 1.96 bits per heavy atom. The first-order chi connectivity index (χ1) is 13.3. The van der Waals surface area contributed by atoms with Crippen LogP contribution in [0.15, 0.2) is 56.3 Å². The molecule has 0 fully saturated rings. The number of nitro groups is 2. The van der Waals surface area contributed by atoms with Gasteiger partial charge in [0.05, 0.1) is 22.9 Å².